The fraction of sp³-hybridized carbons (Fsp3) is 0.600. The first-order valence-electron chi connectivity index (χ1n) is 6.91. The summed E-state index contributed by atoms with van der Waals surface area (Å²) in [5, 5.41) is 0. The normalized spacial score (nSPS) is 18.2. The van der Waals surface area contributed by atoms with Crippen molar-refractivity contribution in [1.82, 2.24) is 0 Å². The predicted octanol–water partition coefficient (Wildman–Crippen LogP) is 2.93. The molecule has 2 rings (SSSR count). The first kappa shape index (κ1) is 14.3. The molecule has 19 heavy (non-hydrogen) atoms. The number of hydrogen-bond acceptors (Lipinski definition) is 4. The zero-order valence-electron chi connectivity index (χ0n) is 11.8. The fourth-order valence-electron chi connectivity index (χ4n) is 2.49. The van der Waals surface area contributed by atoms with Crippen LogP contribution in [0.2, 0.25) is 0 Å². The molecule has 1 atom stereocenters. The summed E-state index contributed by atoms with van der Waals surface area (Å²) in [4.78, 5) is 0. The lowest BCUT2D eigenvalue weighted by Crippen LogP contribution is -2.46. The summed E-state index contributed by atoms with van der Waals surface area (Å²) in [6.07, 6.45) is 0. The van der Waals surface area contributed by atoms with E-state index in [2.05, 4.69) is 0 Å². The van der Waals surface area contributed by atoms with Crippen molar-refractivity contribution < 1.29 is 18.9 Å². The molecular weight excluding hydrogens is 244 g/mol. The van der Waals surface area contributed by atoms with Gasteiger partial charge in [-0.05, 0) is 26.8 Å². The molecule has 0 saturated carbocycles. The summed E-state index contributed by atoms with van der Waals surface area (Å²) < 4.78 is 23.2. The maximum absolute atomic E-state index is 5.83. The van der Waals surface area contributed by atoms with E-state index < -0.39 is 5.97 Å². The van der Waals surface area contributed by atoms with E-state index in [1.54, 1.807) is 0 Å². The quantitative estimate of drug-likeness (QED) is 0.711. The summed E-state index contributed by atoms with van der Waals surface area (Å²) in [6, 6.07) is 7.96. The highest BCUT2D eigenvalue weighted by atomic mass is 16.9. The Hall–Kier alpha value is -1.10. The van der Waals surface area contributed by atoms with Gasteiger partial charge < -0.3 is 18.9 Å². The molecule has 0 amide bonds. The van der Waals surface area contributed by atoms with E-state index in [0.29, 0.717) is 26.4 Å². The molecule has 4 nitrogen and oxygen atoms in total. The maximum atomic E-state index is 5.83. The summed E-state index contributed by atoms with van der Waals surface area (Å²) in [7, 11) is 0. The minimum absolute atomic E-state index is 0.0662. The van der Waals surface area contributed by atoms with Crippen LogP contribution in [0.25, 0.3) is 0 Å². The second kappa shape index (κ2) is 6.37. The van der Waals surface area contributed by atoms with Crippen LogP contribution in [0.4, 0.5) is 0 Å². The van der Waals surface area contributed by atoms with E-state index in [4.69, 9.17) is 18.9 Å². The first-order valence-corrected chi connectivity index (χ1v) is 6.91. The van der Waals surface area contributed by atoms with E-state index in [1.807, 2.05) is 45.0 Å². The molecule has 106 valence electrons. The van der Waals surface area contributed by atoms with Crippen molar-refractivity contribution in [3.05, 3.63) is 29.8 Å². The van der Waals surface area contributed by atoms with Gasteiger partial charge in [0.15, 0.2) is 0 Å². The largest absolute Gasteiger partial charge is 0.492 e. The molecule has 0 N–H and O–H groups in total. The minimum atomic E-state index is -1.05. The second-order valence-electron chi connectivity index (χ2n) is 4.30. The third-order valence-corrected chi connectivity index (χ3v) is 3.16. The minimum Gasteiger partial charge on any atom is -0.492 e. The number of rotatable bonds is 7. The van der Waals surface area contributed by atoms with Gasteiger partial charge in [-0.1, -0.05) is 18.2 Å². The van der Waals surface area contributed by atoms with Crippen LogP contribution in [0.3, 0.4) is 0 Å². The van der Waals surface area contributed by atoms with Gasteiger partial charge in [0.1, 0.15) is 18.3 Å². The van der Waals surface area contributed by atoms with E-state index in [1.165, 1.54) is 0 Å². The Morgan fingerprint density at radius 2 is 1.63 bits per heavy atom. The van der Waals surface area contributed by atoms with Crippen molar-refractivity contribution in [3.63, 3.8) is 0 Å². The zero-order chi connectivity index (χ0) is 13.7. The number of ether oxygens (including phenoxy) is 4. The molecule has 1 aliphatic rings. The number of hydrogen-bond donors (Lipinski definition) is 0. The van der Waals surface area contributed by atoms with Crippen molar-refractivity contribution in [2.45, 2.75) is 32.7 Å². The lowest BCUT2D eigenvalue weighted by atomic mass is 9.98. The molecule has 1 aromatic rings. The molecule has 1 heterocycles. The lowest BCUT2D eigenvalue weighted by molar-refractivity contribution is -0.388. The molecule has 0 fully saturated rings. The maximum Gasteiger partial charge on any atom is 0.293 e. The highest BCUT2D eigenvalue weighted by Gasteiger charge is 2.47. The number of fused-ring (bicyclic) bond motifs is 1. The summed E-state index contributed by atoms with van der Waals surface area (Å²) in [5.74, 6) is -0.232. The standard InChI is InChI=1S/C15H22O4/c1-4-17-15(18-5-2,19-6-3)13-11-16-14-10-8-7-9-12(13)14/h7-10,13H,4-6,11H2,1-3H3. The Morgan fingerprint density at radius 3 is 2.21 bits per heavy atom. The fourth-order valence-corrected chi connectivity index (χ4v) is 2.49. The molecular formula is C15H22O4. The Labute approximate surface area is 114 Å². The lowest BCUT2D eigenvalue weighted by Gasteiger charge is -2.36. The summed E-state index contributed by atoms with van der Waals surface area (Å²) >= 11 is 0. The Balaban J connectivity index is 2.33. The average molecular weight is 266 g/mol. The molecule has 1 aliphatic heterocycles. The molecule has 0 aliphatic carbocycles. The Bertz CT molecular complexity index is 388. The molecule has 0 radical (unpaired) electrons. The molecule has 0 saturated heterocycles. The number of para-hydroxylation sites is 1. The van der Waals surface area contributed by atoms with Crippen LogP contribution in [-0.4, -0.2) is 32.4 Å². The van der Waals surface area contributed by atoms with Crippen molar-refractivity contribution >= 4 is 0 Å². The van der Waals surface area contributed by atoms with Crippen LogP contribution in [-0.2, 0) is 14.2 Å². The van der Waals surface area contributed by atoms with Crippen LogP contribution in [0.5, 0.6) is 5.75 Å². The Morgan fingerprint density at radius 1 is 1.05 bits per heavy atom. The average Bonchev–Trinajstić information content (AvgIpc) is 2.84. The van der Waals surface area contributed by atoms with Crippen LogP contribution in [0.15, 0.2) is 24.3 Å². The van der Waals surface area contributed by atoms with Gasteiger partial charge >= 0.3 is 0 Å². The third kappa shape index (κ3) is 2.76. The SMILES string of the molecule is CCOC(OCC)(OCC)C1COc2ccccc21. The highest BCUT2D eigenvalue weighted by Crippen LogP contribution is 2.43. The van der Waals surface area contributed by atoms with Crippen LogP contribution in [0.1, 0.15) is 32.3 Å². The van der Waals surface area contributed by atoms with E-state index in [-0.39, 0.29) is 5.92 Å². The topological polar surface area (TPSA) is 36.9 Å². The van der Waals surface area contributed by atoms with E-state index in [9.17, 15) is 0 Å². The highest BCUT2D eigenvalue weighted by molar-refractivity contribution is 5.40. The molecule has 0 aromatic heterocycles. The van der Waals surface area contributed by atoms with Crippen molar-refractivity contribution in [2.75, 3.05) is 26.4 Å². The smallest absolute Gasteiger partial charge is 0.293 e. The first-order chi connectivity index (χ1) is 9.27. The van der Waals surface area contributed by atoms with Crippen molar-refractivity contribution in [3.8, 4) is 5.75 Å². The Kier molecular flexibility index (Phi) is 4.80. The molecule has 0 bridgehead atoms. The van der Waals surface area contributed by atoms with Gasteiger partial charge in [-0.2, -0.15) is 0 Å². The van der Waals surface area contributed by atoms with Crippen molar-refractivity contribution in [2.24, 2.45) is 0 Å². The van der Waals surface area contributed by atoms with Gasteiger partial charge in [0, 0.05) is 25.4 Å². The van der Waals surface area contributed by atoms with Crippen LogP contribution in [0, 0.1) is 0 Å². The predicted molar refractivity (Wildman–Crippen MR) is 72.3 cm³/mol. The zero-order valence-corrected chi connectivity index (χ0v) is 11.8. The monoisotopic (exact) mass is 266 g/mol. The van der Waals surface area contributed by atoms with Gasteiger partial charge in [0.05, 0.1) is 0 Å². The number of benzene rings is 1. The van der Waals surface area contributed by atoms with E-state index >= 15 is 0 Å². The third-order valence-electron chi connectivity index (χ3n) is 3.16. The van der Waals surface area contributed by atoms with Gasteiger partial charge in [-0.3, -0.25) is 0 Å². The second-order valence-corrected chi connectivity index (χ2v) is 4.30. The molecule has 1 aromatic carbocycles. The van der Waals surface area contributed by atoms with Gasteiger partial charge in [0.2, 0.25) is 0 Å². The van der Waals surface area contributed by atoms with Gasteiger partial charge in [0.25, 0.3) is 5.97 Å². The molecule has 4 heteroatoms. The van der Waals surface area contributed by atoms with E-state index in [0.717, 1.165) is 11.3 Å². The van der Waals surface area contributed by atoms with Crippen molar-refractivity contribution in [1.29, 1.82) is 0 Å². The van der Waals surface area contributed by atoms with Crippen LogP contribution >= 0.6 is 0 Å². The van der Waals surface area contributed by atoms with Gasteiger partial charge in [-0.15, -0.1) is 0 Å². The van der Waals surface area contributed by atoms with Crippen LogP contribution < -0.4 is 4.74 Å². The molecule has 0 spiro atoms. The van der Waals surface area contributed by atoms with Gasteiger partial charge in [-0.25, -0.2) is 0 Å². The summed E-state index contributed by atoms with van der Waals surface area (Å²) in [5.41, 5.74) is 1.08. The summed E-state index contributed by atoms with van der Waals surface area (Å²) in [6.45, 7) is 7.91. The molecule has 1 unspecified atom stereocenters.